The van der Waals surface area contributed by atoms with Crippen molar-refractivity contribution in [3.63, 3.8) is 0 Å². The molecule has 0 aliphatic carbocycles. The molecule has 9 nitrogen and oxygen atoms in total. The third kappa shape index (κ3) is 3.88. The van der Waals surface area contributed by atoms with Crippen LogP contribution in [0.3, 0.4) is 0 Å². The lowest BCUT2D eigenvalue weighted by Gasteiger charge is -2.36. The van der Waals surface area contributed by atoms with Gasteiger partial charge in [-0.1, -0.05) is 6.07 Å². The molecule has 0 spiro atoms. The Hall–Kier alpha value is -3.20. The molecule has 3 aromatic rings. The van der Waals surface area contributed by atoms with E-state index in [1.54, 1.807) is 0 Å². The summed E-state index contributed by atoms with van der Waals surface area (Å²) in [7, 11) is 2.16. The van der Waals surface area contributed by atoms with E-state index in [1.165, 1.54) is 0 Å². The Labute approximate surface area is 188 Å². The molecule has 0 radical (unpaired) electrons. The molecule has 2 saturated heterocycles. The van der Waals surface area contributed by atoms with Crippen LogP contribution in [0, 0.1) is 13.8 Å². The number of carbonyl (C=O) groups is 1. The number of hydrogen-bond donors (Lipinski definition) is 0. The molecule has 1 amide bonds. The summed E-state index contributed by atoms with van der Waals surface area (Å²) in [5, 5.41) is 0. The van der Waals surface area contributed by atoms with Gasteiger partial charge < -0.3 is 19.6 Å². The van der Waals surface area contributed by atoms with Gasteiger partial charge in [0, 0.05) is 70.3 Å². The van der Waals surface area contributed by atoms with Crippen molar-refractivity contribution in [1.82, 2.24) is 29.2 Å². The minimum atomic E-state index is 0.0316. The fourth-order valence-corrected chi connectivity index (χ4v) is 4.51. The van der Waals surface area contributed by atoms with Crippen molar-refractivity contribution in [2.45, 2.75) is 13.8 Å². The Balaban J connectivity index is 1.29. The van der Waals surface area contributed by atoms with Crippen LogP contribution in [0.15, 0.2) is 30.5 Å². The first kappa shape index (κ1) is 20.7. The SMILES string of the molecule is Cc1cc(N2CCN(C)CC2)nc(N2CCN(C(=O)c3c(C)nc4ccccn34)CC2)n1. The van der Waals surface area contributed by atoms with Crippen LogP contribution >= 0.6 is 0 Å². The third-order valence-corrected chi connectivity index (χ3v) is 6.41. The maximum atomic E-state index is 13.3. The zero-order valence-corrected chi connectivity index (χ0v) is 19.0. The Morgan fingerprint density at radius 1 is 0.875 bits per heavy atom. The van der Waals surface area contributed by atoms with E-state index in [4.69, 9.17) is 9.97 Å². The number of aromatic nitrogens is 4. The molecule has 0 N–H and O–H groups in total. The molecular weight excluding hydrogens is 404 g/mol. The van der Waals surface area contributed by atoms with E-state index < -0.39 is 0 Å². The second kappa shape index (κ2) is 8.38. The van der Waals surface area contributed by atoms with E-state index >= 15 is 0 Å². The molecule has 2 fully saturated rings. The summed E-state index contributed by atoms with van der Waals surface area (Å²) in [5.41, 5.74) is 3.20. The predicted molar refractivity (Wildman–Crippen MR) is 125 cm³/mol. The lowest BCUT2D eigenvalue weighted by Crippen LogP contribution is -2.50. The first-order valence-electron chi connectivity index (χ1n) is 11.3. The van der Waals surface area contributed by atoms with E-state index in [0.29, 0.717) is 31.9 Å². The highest BCUT2D eigenvalue weighted by Gasteiger charge is 2.27. The van der Waals surface area contributed by atoms with Gasteiger partial charge in [0.15, 0.2) is 0 Å². The number of rotatable bonds is 3. The highest BCUT2D eigenvalue weighted by atomic mass is 16.2. The topological polar surface area (TPSA) is 73.1 Å². The van der Waals surface area contributed by atoms with Crippen molar-refractivity contribution in [1.29, 1.82) is 0 Å². The van der Waals surface area contributed by atoms with Gasteiger partial charge >= 0.3 is 0 Å². The molecule has 2 aliphatic rings. The maximum absolute atomic E-state index is 13.3. The quantitative estimate of drug-likeness (QED) is 0.618. The summed E-state index contributed by atoms with van der Waals surface area (Å²) < 4.78 is 1.88. The van der Waals surface area contributed by atoms with Crippen LogP contribution in [0.1, 0.15) is 21.9 Å². The van der Waals surface area contributed by atoms with Crippen LogP contribution in [-0.2, 0) is 0 Å². The monoisotopic (exact) mass is 434 g/mol. The van der Waals surface area contributed by atoms with Gasteiger partial charge in [0.25, 0.3) is 5.91 Å². The molecular formula is C23H30N8O. The first-order chi connectivity index (χ1) is 15.5. The molecule has 5 rings (SSSR count). The molecule has 5 heterocycles. The van der Waals surface area contributed by atoms with Gasteiger partial charge in [-0.15, -0.1) is 0 Å². The average Bonchev–Trinajstić information content (AvgIpc) is 3.14. The van der Waals surface area contributed by atoms with Crippen molar-refractivity contribution in [2.24, 2.45) is 0 Å². The molecule has 2 aliphatic heterocycles. The number of fused-ring (bicyclic) bond motifs is 1. The number of carbonyl (C=O) groups excluding carboxylic acids is 1. The Morgan fingerprint density at radius 2 is 1.59 bits per heavy atom. The largest absolute Gasteiger partial charge is 0.354 e. The summed E-state index contributed by atoms with van der Waals surface area (Å²) in [4.78, 5) is 36.2. The number of anilines is 2. The van der Waals surface area contributed by atoms with Gasteiger partial charge in [-0.2, -0.15) is 4.98 Å². The summed E-state index contributed by atoms with van der Waals surface area (Å²) >= 11 is 0. The van der Waals surface area contributed by atoms with Gasteiger partial charge in [-0.05, 0) is 33.0 Å². The third-order valence-electron chi connectivity index (χ3n) is 6.41. The molecule has 9 heteroatoms. The number of likely N-dealkylation sites (N-methyl/N-ethyl adjacent to an activating group) is 1. The molecule has 0 unspecified atom stereocenters. The Bertz CT molecular complexity index is 1130. The van der Waals surface area contributed by atoms with Crippen molar-refractivity contribution in [2.75, 3.05) is 69.2 Å². The van der Waals surface area contributed by atoms with E-state index in [2.05, 4.69) is 32.8 Å². The van der Waals surface area contributed by atoms with Crippen molar-refractivity contribution < 1.29 is 4.79 Å². The predicted octanol–water partition coefficient (Wildman–Crippen LogP) is 1.46. The second-order valence-electron chi connectivity index (χ2n) is 8.71. The van der Waals surface area contributed by atoms with Crippen LogP contribution in [0.5, 0.6) is 0 Å². The van der Waals surface area contributed by atoms with E-state index in [-0.39, 0.29) is 5.91 Å². The van der Waals surface area contributed by atoms with E-state index in [9.17, 15) is 4.79 Å². The van der Waals surface area contributed by atoms with Crippen LogP contribution in [0.2, 0.25) is 0 Å². The molecule has 0 saturated carbocycles. The zero-order chi connectivity index (χ0) is 22.2. The van der Waals surface area contributed by atoms with Crippen LogP contribution in [0.25, 0.3) is 5.65 Å². The number of imidazole rings is 1. The molecule has 0 atom stereocenters. The average molecular weight is 435 g/mol. The molecule has 32 heavy (non-hydrogen) atoms. The number of nitrogens with zero attached hydrogens (tertiary/aromatic N) is 8. The zero-order valence-electron chi connectivity index (χ0n) is 19.0. The van der Waals surface area contributed by atoms with Crippen molar-refractivity contribution in [3.05, 3.63) is 47.5 Å². The number of hydrogen-bond acceptors (Lipinski definition) is 7. The first-order valence-corrected chi connectivity index (χ1v) is 11.3. The highest BCUT2D eigenvalue weighted by molar-refractivity contribution is 5.94. The highest BCUT2D eigenvalue weighted by Crippen LogP contribution is 2.21. The Morgan fingerprint density at radius 3 is 2.34 bits per heavy atom. The molecule has 0 bridgehead atoms. The number of amides is 1. The van der Waals surface area contributed by atoms with E-state index in [0.717, 1.165) is 55.0 Å². The van der Waals surface area contributed by atoms with Gasteiger partial charge in [0.05, 0.1) is 5.69 Å². The second-order valence-corrected chi connectivity index (χ2v) is 8.71. The van der Waals surface area contributed by atoms with Crippen molar-refractivity contribution >= 4 is 23.3 Å². The minimum absolute atomic E-state index is 0.0316. The van der Waals surface area contributed by atoms with Gasteiger partial charge in [-0.3, -0.25) is 9.20 Å². The number of pyridine rings is 1. The lowest BCUT2D eigenvalue weighted by molar-refractivity contribution is 0.0738. The molecule has 168 valence electrons. The molecule has 3 aromatic heterocycles. The lowest BCUT2D eigenvalue weighted by atomic mass is 10.2. The van der Waals surface area contributed by atoms with Crippen LogP contribution in [0.4, 0.5) is 11.8 Å². The van der Waals surface area contributed by atoms with Crippen LogP contribution < -0.4 is 9.80 Å². The summed E-state index contributed by atoms with van der Waals surface area (Å²) in [5.74, 6) is 1.79. The Kier molecular flexibility index (Phi) is 5.42. The minimum Gasteiger partial charge on any atom is -0.354 e. The van der Waals surface area contributed by atoms with Crippen molar-refractivity contribution in [3.8, 4) is 0 Å². The fraction of sp³-hybridized carbons (Fsp3) is 0.478. The summed E-state index contributed by atoms with van der Waals surface area (Å²) in [6, 6.07) is 7.86. The van der Waals surface area contributed by atoms with Crippen LogP contribution in [-0.4, -0.2) is 94.5 Å². The summed E-state index contributed by atoms with van der Waals surface area (Å²) in [6.45, 7) is 10.7. The van der Waals surface area contributed by atoms with E-state index in [1.807, 2.05) is 47.5 Å². The number of aryl methyl sites for hydroxylation is 2. The normalized spacial score (nSPS) is 17.9. The summed E-state index contributed by atoms with van der Waals surface area (Å²) in [6.07, 6.45) is 1.90. The number of piperazine rings is 2. The maximum Gasteiger partial charge on any atom is 0.272 e. The van der Waals surface area contributed by atoms with Gasteiger partial charge in [-0.25, -0.2) is 9.97 Å². The smallest absolute Gasteiger partial charge is 0.272 e. The molecule has 0 aromatic carbocycles. The van der Waals surface area contributed by atoms with Gasteiger partial charge in [0.1, 0.15) is 17.2 Å². The standard InChI is InChI=1S/C23H30N8O/c1-17-16-20(28-10-8-27(3)9-11-28)26-23(24-17)30-14-12-29(13-15-30)22(32)21-18(2)25-19-6-4-5-7-31(19)21/h4-7,16H,8-15H2,1-3H3. The van der Waals surface area contributed by atoms with Gasteiger partial charge in [0.2, 0.25) is 5.95 Å². The fourth-order valence-electron chi connectivity index (χ4n) is 4.51.